The van der Waals surface area contributed by atoms with Crippen molar-refractivity contribution in [3.05, 3.63) is 42.0 Å². The van der Waals surface area contributed by atoms with Crippen molar-refractivity contribution >= 4 is 11.6 Å². The summed E-state index contributed by atoms with van der Waals surface area (Å²) in [5.74, 6) is 0.452. The van der Waals surface area contributed by atoms with Crippen molar-refractivity contribution < 1.29 is 0 Å². The summed E-state index contributed by atoms with van der Waals surface area (Å²) in [5, 5.41) is 3.01. The summed E-state index contributed by atoms with van der Waals surface area (Å²) in [5.41, 5.74) is 9.09. The second-order valence-corrected chi connectivity index (χ2v) is 4.58. The number of nitrogens with two attached hydrogens (primary N) is 1. The molecule has 18 heavy (non-hydrogen) atoms. The average molecular weight is 246 g/mol. The molecule has 1 rings (SSSR count). The molecule has 0 spiro atoms. The number of hydrogen-bond acceptors (Lipinski definition) is 2. The Morgan fingerprint density at radius 3 is 2.78 bits per heavy atom. The van der Waals surface area contributed by atoms with E-state index in [1.807, 2.05) is 33.2 Å². The minimum absolute atomic E-state index is 0.452. The van der Waals surface area contributed by atoms with Gasteiger partial charge in [-0.05, 0) is 24.6 Å². The van der Waals surface area contributed by atoms with Crippen LogP contribution in [0, 0.1) is 0 Å². The first-order chi connectivity index (χ1) is 8.49. The van der Waals surface area contributed by atoms with E-state index >= 15 is 0 Å². The maximum Gasteiger partial charge on any atom is 0.189 e. The van der Waals surface area contributed by atoms with E-state index < -0.39 is 0 Å². The van der Waals surface area contributed by atoms with Crippen molar-refractivity contribution in [1.82, 2.24) is 5.32 Å². The maximum atomic E-state index is 5.76. The highest BCUT2D eigenvalue weighted by Gasteiger charge is 1.97. The fraction of sp³-hybridized carbons (Fsp3) is 0.357. The fourth-order valence-corrected chi connectivity index (χ4v) is 1.41. The number of benzene rings is 1. The van der Waals surface area contributed by atoms with Gasteiger partial charge in [-0.15, -0.1) is 0 Å². The Morgan fingerprint density at radius 1 is 1.44 bits per heavy atom. The lowest BCUT2D eigenvalue weighted by molar-refractivity contribution is 0.939. The summed E-state index contributed by atoms with van der Waals surface area (Å²) in [7, 11) is 4.04. The standard InChI is InChI=1S/C14H22N4/c1-11(2)9-16-14(15)17-10-12-6-5-7-13(8-12)18(3)4/h5-8H,1,9-10H2,2-4H3,(H3,15,16,17). The van der Waals surface area contributed by atoms with Gasteiger partial charge in [0, 0.05) is 26.3 Å². The van der Waals surface area contributed by atoms with Crippen LogP contribution in [-0.2, 0) is 6.54 Å². The average Bonchev–Trinajstić information content (AvgIpc) is 2.34. The highest BCUT2D eigenvalue weighted by Crippen LogP contribution is 2.13. The van der Waals surface area contributed by atoms with Crippen LogP contribution in [0.1, 0.15) is 12.5 Å². The van der Waals surface area contributed by atoms with Crippen LogP contribution in [0.3, 0.4) is 0 Å². The van der Waals surface area contributed by atoms with Gasteiger partial charge in [-0.1, -0.05) is 24.3 Å². The van der Waals surface area contributed by atoms with Gasteiger partial charge in [-0.2, -0.15) is 0 Å². The SMILES string of the molecule is C=C(C)CNC(N)=NCc1cccc(N(C)C)c1. The van der Waals surface area contributed by atoms with Crippen LogP contribution in [0.15, 0.2) is 41.4 Å². The Kier molecular flexibility index (Phi) is 5.24. The molecule has 0 fully saturated rings. The number of guanidine groups is 1. The van der Waals surface area contributed by atoms with E-state index in [0.29, 0.717) is 19.0 Å². The van der Waals surface area contributed by atoms with E-state index in [1.54, 1.807) is 0 Å². The first-order valence-electron chi connectivity index (χ1n) is 5.93. The zero-order valence-electron chi connectivity index (χ0n) is 11.4. The maximum absolute atomic E-state index is 5.76. The molecular weight excluding hydrogens is 224 g/mol. The van der Waals surface area contributed by atoms with E-state index in [2.05, 4.69) is 33.9 Å². The van der Waals surface area contributed by atoms with Crippen molar-refractivity contribution in [3.8, 4) is 0 Å². The fourth-order valence-electron chi connectivity index (χ4n) is 1.41. The molecule has 0 bridgehead atoms. The molecule has 0 aliphatic rings. The van der Waals surface area contributed by atoms with E-state index in [9.17, 15) is 0 Å². The summed E-state index contributed by atoms with van der Waals surface area (Å²) in [6.45, 7) is 6.98. The van der Waals surface area contributed by atoms with Crippen LogP contribution < -0.4 is 16.0 Å². The van der Waals surface area contributed by atoms with Gasteiger partial charge >= 0.3 is 0 Å². The molecule has 98 valence electrons. The van der Waals surface area contributed by atoms with Crippen LogP contribution in [0.5, 0.6) is 0 Å². The van der Waals surface area contributed by atoms with Gasteiger partial charge in [0.1, 0.15) is 0 Å². The Hall–Kier alpha value is -1.97. The van der Waals surface area contributed by atoms with E-state index in [4.69, 9.17) is 5.73 Å². The van der Waals surface area contributed by atoms with Gasteiger partial charge in [0.25, 0.3) is 0 Å². The number of nitrogens with one attached hydrogen (secondary N) is 1. The van der Waals surface area contributed by atoms with Gasteiger partial charge < -0.3 is 16.0 Å². The van der Waals surface area contributed by atoms with Crippen LogP contribution in [-0.4, -0.2) is 26.6 Å². The molecule has 0 amide bonds. The van der Waals surface area contributed by atoms with Crippen LogP contribution in [0.2, 0.25) is 0 Å². The quantitative estimate of drug-likeness (QED) is 0.472. The van der Waals surface area contributed by atoms with Crippen LogP contribution in [0.4, 0.5) is 5.69 Å². The Labute approximate surface area is 109 Å². The molecule has 4 heteroatoms. The lowest BCUT2D eigenvalue weighted by Crippen LogP contribution is -2.32. The largest absolute Gasteiger partial charge is 0.378 e. The Bertz CT molecular complexity index is 435. The molecule has 0 aliphatic heterocycles. The van der Waals surface area contributed by atoms with Crippen molar-refractivity contribution in [2.45, 2.75) is 13.5 Å². The molecule has 0 saturated heterocycles. The summed E-state index contributed by atoms with van der Waals surface area (Å²) in [4.78, 5) is 6.36. The lowest BCUT2D eigenvalue weighted by atomic mass is 10.2. The zero-order valence-corrected chi connectivity index (χ0v) is 11.4. The number of rotatable bonds is 5. The molecule has 0 saturated carbocycles. The molecule has 0 aromatic heterocycles. The molecule has 1 aromatic rings. The third-order valence-electron chi connectivity index (χ3n) is 2.43. The third kappa shape index (κ3) is 4.91. The number of anilines is 1. The molecular formula is C14H22N4. The van der Waals surface area contributed by atoms with Gasteiger partial charge in [0.05, 0.1) is 6.54 Å². The van der Waals surface area contributed by atoms with Gasteiger partial charge in [-0.3, -0.25) is 0 Å². The van der Waals surface area contributed by atoms with Gasteiger partial charge in [0.15, 0.2) is 5.96 Å². The van der Waals surface area contributed by atoms with Crippen molar-refractivity contribution in [1.29, 1.82) is 0 Å². The molecule has 4 nitrogen and oxygen atoms in total. The summed E-state index contributed by atoms with van der Waals surface area (Å²) in [6.07, 6.45) is 0. The monoisotopic (exact) mass is 246 g/mol. The van der Waals surface area contributed by atoms with E-state index in [-0.39, 0.29) is 0 Å². The Balaban J connectivity index is 2.59. The minimum atomic E-state index is 0.452. The van der Waals surface area contributed by atoms with Gasteiger partial charge in [-0.25, -0.2) is 4.99 Å². The van der Waals surface area contributed by atoms with E-state index in [1.165, 1.54) is 0 Å². The van der Waals surface area contributed by atoms with E-state index in [0.717, 1.165) is 16.8 Å². The predicted octanol–water partition coefficient (Wildman–Crippen LogP) is 1.73. The van der Waals surface area contributed by atoms with Crippen molar-refractivity contribution in [2.75, 3.05) is 25.5 Å². The number of aliphatic imine (C=N–C) groups is 1. The van der Waals surface area contributed by atoms with Crippen LogP contribution in [0.25, 0.3) is 0 Å². The molecule has 0 atom stereocenters. The highest BCUT2D eigenvalue weighted by atomic mass is 15.1. The molecule has 0 radical (unpaired) electrons. The van der Waals surface area contributed by atoms with Crippen molar-refractivity contribution in [2.24, 2.45) is 10.7 Å². The van der Waals surface area contributed by atoms with Gasteiger partial charge in [0.2, 0.25) is 0 Å². The normalized spacial score (nSPS) is 11.2. The Morgan fingerprint density at radius 2 is 2.17 bits per heavy atom. The second-order valence-electron chi connectivity index (χ2n) is 4.58. The predicted molar refractivity (Wildman–Crippen MR) is 78.9 cm³/mol. The molecule has 0 heterocycles. The highest BCUT2D eigenvalue weighted by molar-refractivity contribution is 5.78. The lowest BCUT2D eigenvalue weighted by Gasteiger charge is -2.13. The second kappa shape index (κ2) is 6.69. The number of hydrogen-bond donors (Lipinski definition) is 2. The summed E-state index contributed by atoms with van der Waals surface area (Å²) >= 11 is 0. The third-order valence-corrected chi connectivity index (χ3v) is 2.43. The van der Waals surface area contributed by atoms with Crippen LogP contribution >= 0.6 is 0 Å². The first kappa shape index (κ1) is 14.1. The van der Waals surface area contributed by atoms with Crippen molar-refractivity contribution in [3.63, 3.8) is 0 Å². The molecule has 1 aromatic carbocycles. The minimum Gasteiger partial charge on any atom is -0.378 e. The number of nitrogens with zero attached hydrogens (tertiary/aromatic N) is 2. The summed E-state index contributed by atoms with van der Waals surface area (Å²) < 4.78 is 0. The first-order valence-corrected chi connectivity index (χ1v) is 5.93. The smallest absolute Gasteiger partial charge is 0.189 e. The zero-order chi connectivity index (χ0) is 13.5. The molecule has 0 aliphatic carbocycles. The summed E-state index contributed by atoms with van der Waals surface area (Å²) in [6, 6.07) is 8.24. The topological polar surface area (TPSA) is 53.6 Å². The molecule has 3 N–H and O–H groups in total. The molecule has 0 unspecified atom stereocenters.